The van der Waals surface area contributed by atoms with Crippen molar-refractivity contribution in [2.75, 3.05) is 5.75 Å². The minimum absolute atomic E-state index is 0.00956. The molecule has 0 bridgehead atoms. The Bertz CT molecular complexity index is 426. The molecule has 1 aromatic carbocycles. The zero-order valence-corrected chi connectivity index (χ0v) is 9.60. The number of aromatic hydroxyl groups is 1. The van der Waals surface area contributed by atoms with Gasteiger partial charge in [-0.1, -0.05) is 29.7 Å². The Labute approximate surface area is 97.9 Å². The molecule has 0 aliphatic carbocycles. The summed E-state index contributed by atoms with van der Waals surface area (Å²) in [5, 5.41) is 9.37. The topological polar surface area (TPSA) is 37.3 Å². The van der Waals surface area contributed by atoms with Crippen LogP contribution >= 0.6 is 11.8 Å². The molecular weight excluding hydrogens is 227 g/mol. The third-order valence-electron chi connectivity index (χ3n) is 1.74. The molecule has 0 heterocycles. The van der Waals surface area contributed by atoms with Gasteiger partial charge in [-0.15, -0.1) is 0 Å². The summed E-state index contributed by atoms with van der Waals surface area (Å²) in [6.07, 6.45) is 0.484. The van der Waals surface area contributed by atoms with E-state index in [9.17, 15) is 14.3 Å². The highest BCUT2D eigenvalue weighted by Gasteiger charge is 2.03. The SMILES string of the molecule is CC(=O)SCCC#Cc1c(O)cccc1F. The van der Waals surface area contributed by atoms with Gasteiger partial charge in [-0.05, 0) is 12.1 Å². The first-order chi connectivity index (χ1) is 7.61. The summed E-state index contributed by atoms with van der Waals surface area (Å²) in [5.41, 5.74) is 0.00956. The fraction of sp³-hybridized carbons (Fsp3) is 0.250. The largest absolute Gasteiger partial charge is 0.507 e. The van der Waals surface area contributed by atoms with E-state index < -0.39 is 5.82 Å². The van der Waals surface area contributed by atoms with Crippen LogP contribution in [0.3, 0.4) is 0 Å². The minimum Gasteiger partial charge on any atom is -0.507 e. The fourth-order valence-corrected chi connectivity index (χ4v) is 1.52. The van der Waals surface area contributed by atoms with Crippen LogP contribution in [0.25, 0.3) is 0 Å². The normalized spacial score (nSPS) is 9.38. The minimum atomic E-state index is -0.535. The first-order valence-electron chi connectivity index (χ1n) is 4.71. The molecule has 0 amide bonds. The van der Waals surface area contributed by atoms with Crippen LogP contribution in [0.15, 0.2) is 18.2 Å². The van der Waals surface area contributed by atoms with E-state index >= 15 is 0 Å². The van der Waals surface area contributed by atoms with Crippen molar-refractivity contribution in [1.82, 2.24) is 0 Å². The molecule has 16 heavy (non-hydrogen) atoms. The van der Waals surface area contributed by atoms with E-state index in [0.29, 0.717) is 12.2 Å². The van der Waals surface area contributed by atoms with Gasteiger partial charge in [0.2, 0.25) is 0 Å². The molecule has 0 aliphatic heterocycles. The summed E-state index contributed by atoms with van der Waals surface area (Å²) < 4.78 is 13.2. The molecule has 0 spiro atoms. The number of hydrogen-bond donors (Lipinski definition) is 1. The van der Waals surface area contributed by atoms with E-state index in [-0.39, 0.29) is 16.4 Å². The third kappa shape index (κ3) is 3.95. The second-order valence-corrected chi connectivity index (χ2v) is 4.30. The molecule has 0 aromatic heterocycles. The molecule has 0 saturated heterocycles. The Morgan fingerprint density at radius 2 is 2.31 bits per heavy atom. The number of phenols is 1. The van der Waals surface area contributed by atoms with E-state index in [1.54, 1.807) is 0 Å². The standard InChI is InChI=1S/C12H11FO2S/c1-9(14)16-8-3-2-5-10-11(13)6-4-7-12(10)15/h4,6-7,15H,3,8H2,1H3. The van der Waals surface area contributed by atoms with Gasteiger partial charge in [0.1, 0.15) is 17.1 Å². The monoisotopic (exact) mass is 238 g/mol. The number of carbonyl (C=O) groups is 1. The lowest BCUT2D eigenvalue weighted by Gasteiger charge is -1.96. The molecular formula is C12H11FO2S. The predicted octanol–water partition coefficient (Wildman–Crippen LogP) is 2.55. The first kappa shape index (κ1) is 12.6. The van der Waals surface area contributed by atoms with Crippen molar-refractivity contribution in [3.8, 4) is 17.6 Å². The predicted molar refractivity (Wildman–Crippen MR) is 62.7 cm³/mol. The Hall–Kier alpha value is -1.47. The summed E-state index contributed by atoms with van der Waals surface area (Å²) in [5.74, 6) is 5.16. The molecule has 84 valence electrons. The average Bonchev–Trinajstić information content (AvgIpc) is 2.21. The Balaban J connectivity index is 2.60. The Morgan fingerprint density at radius 1 is 1.56 bits per heavy atom. The molecule has 2 nitrogen and oxygen atoms in total. The van der Waals surface area contributed by atoms with Crippen LogP contribution in [0.4, 0.5) is 4.39 Å². The van der Waals surface area contributed by atoms with Crippen molar-refractivity contribution in [1.29, 1.82) is 0 Å². The summed E-state index contributed by atoms with van der Waals surface area (Å²) in [4.78, 5) is 10.6. The highest BCUT2D eigenvalue weighted by atomic mass is 32.2. The van der Waals surface area contributed by atoms with Gasteiger partial charge in [-0.25, -0.2) is 4.39 Å². The number of thioether (sulfide) groups is 1. The van der Waals surface area contributed by atoms with Gasteiger partial charge in [0.25, 0.3) is 0 Å². The lowest BCUT2D eigenvalue weighted by molar-refractivity contribution is -0.109. The van der Waals surface area contributed by atoms with Crippen molar-refractivity contribution in [3.63, 3.8) is 0 Å². The van der Waals surface area contributed by atoms with Crippen LogP contribution in [-0.2, 0) is 4.79 Å². The van der Waals surface area contributed by atoms with E-state index in [4.69, 9.17) is 0 Å². The quantitative estimate of drug-likeness (QED) is 0.635. The molecule has 1 aromatic rings. The van der Waals surface area contributed by atoms with E-state index in [1.165, 1.54) is 36.9 Å². The van der Waals surface area contributed by atoms with Gasteiger partial charge >= 0.3 is 0 Å². The molecule has 4 heteroatoms. The summed E-state index contributed by atoms with van der Waals surface area (Å²) in [6.45, 7) is 1.49. The van der Waals surface area contributed by atoms with Gasteiger partial charge in [-0.3, -0.25) is 4.79 Å². The van der Waals surface area contributed by atoms with Crippen molar-refractivity contribution in [3.05, 3.63) is 29.6 Å². The second kappa shape index (κ2) is 6.19. The lowest BCUT2D eigenvalue weighted by atomic mass is 10.2. The maximum Gasteiger partial charge on any atom is 0.185 e. The van der Waals surface area contributed by atoms with E-state index in [1.807, 2.05) is 0 Å². The van der Waals surface area contributed by atoms with Gasteiger partial charge in [0.05, 0.1) is 0 Å². The number of benzene rings is 1. The molecule has 0 aliphatic rings. The van der Waals surface area contributed by atoms with Crippen LogP contribution in [0.1, 0.15) is 18.9 Å². The molecule has 0 fully saturated rings. The van der Waals surface area contributed by atoms with Crippen LogP contribution < -0.4 is 0 Å². The van der Waals surface area contributed by atoms with Crippen LogP contribution in [0.2, 0.25) is 0 Å². The van der Waals surface area contributed by atoms with Gasteiger partial charge in [0.15, 0.2) is 5.12 Å². The Kier molecular flexibility index (Phi) is 4.87. The van der Waals surface area contributed by atoms with Crippen molar-refractivity contribution >= 4 is 16.9 Å². The molecule has 1 rings (SSSR count). The van der Waals surface area contributed by atoms with E-state index in [0.717, 1.165) is 0 Å². The molecule has 0 atom stereocenters. The average molecular weight is 238 g/mol. The van der Waals surface area contributed by atoms with Crippen LogP contribution in [0, 0.1) is 17.7 Å². The number of halogens is 1. The first-order valence-corrected chi connectivity index (χ1v) is 5.69. The van der Waals surface area contributed by atoms with Crippen molar-refractivity contribution in [2.24, 2.45) is 0 Å². The number of carbonyl (C=O) groups excluding carboxylic acids is 1. The molecule has 0 saturated carbocycles. The number of rotatable bonds is 2. The van der Waals surface area contributed by atoms with Crippen molar-refractivity contribution < 1.29 is 14.3 Å². The third-order valence-corrected chi connectivity index (χ3v) is 2.55. The number of phenolic OH excluding ortho intramolecular Hbond substituents is 1. The summed E-state index contributed by atoms with van der Waals surface area (Å²) >= 11 is 1.18. The van der Waals surface area contributed by atoms with E-state index in [2.05, 4.69) is 11.8 Å². The second-order valence-electron chi connectivity index (χ2n) is 3.03. The smallest absolute Gasteiger partial charge is 0.185 e. The highest BCUT2D eigenvalue weighted by Crippen LogP contribution is 2.18. The van der Waals surface area contributed by atoms with Gasteiger partial charge in [0, 0.05) is 19.1 Å². The summed E-state index contributed by atoms with van der Waals surface area (Å²) in [7, 11) is 0. The zero-order valence-electron chi connectivity index (χ0n) is 8.79. The van der Waals surface area contributed by atoms with Gasteiger partial charge < -0.3 is 5.11 Å². The summed E-state index contributed by atoms with van der Waals surface area (Å²) in [6, 6.07) is 4.05. The van der Waals surface area contributed by atoms with Crippen LogP contribution in [-0.4, -0.2) is 16.0 Å². The molecule has 0 unspecified atom stereocenters. The highest BCUT2D eigenvalue weighted by molar-refractivity contribution is 8.13. The number of hydrogen-bond acceptors (Lipinski definition) is 3. The van der Waals surface area contributed by atoms with Gasteiger partial charge in [-0.2, -0.15) is 0 Å². The maximum absolute atomic E-state index is 13.2. The lowest BCUT2D eigenvalue weighted by Crippen LogP contribution is -1.86. The molecule has 1 N–H and O–H groups in total. The van der Waals surface area contributed by atoms with Crippen molar-refractivity contribution in [2.45, 2.75) is 13.3 Å². The maximum atomic E-state index is 13.2. The zero-order chi connectivity index (χ0) is 12.0. The fourth-order valence-electron chi connectivity index (χ4n) is 1.03. The Morgan fingerprint density at radius 3 is 2.94 bits per heavy atom. The van der Waals surface area contributed by atoms with Crippen LogP contribution in [0.5, 0.6) is 5.75 Å². The molecule has 0 radical (unpaired) electrons.